The Bertz CT molecular complexity index is 540. The highest BCUT2D eigenvalue weighted by molar-refractivity contribution is 5.90. The van der Waals surface area contributed by atoms with Crippen molar-refractivity contribution in [3.8, 4) is 0 Å². The molecule has 2 N–H and O–H groups in total. The van der Waals surface area contributed by atoms with Crippen molar-refractivity contribution in [2.24, 2.45) is 7.05 Å². The fourth-order valence-electron chi connectivity index (χ4n) is 3.11. The van der Waals surface area contributed by atoms with Gasteiger partial charge in [0.05, 0.1) is 11.4 Å². The lowest BCUT2D eigenvalue weighted by Gasteiger charge is -2.43. The van der Waals surface area contributed by atoms with Crippen LogP contribution in [-0.2, 0) is 7.05 Å². The predicted octanol–water partition coefficient (Wildman–Crippen LogP) is 1.66. The summed E-state index contributed by atoms with van der Waals surface area (Å²) in [7, 11) is 1.91. The molecular formula is C15H23N5O. The van der Waals surface area contributed by atoms with Gasteiger partial charge < -0.3 is 15.5 Å². The molecule has 114 valence electrons. The molecule has 21 heavy (non-hydrogen) atoms. The van der Waals surface area contributed by atoms with Gasteiger partial charge in [0.2, 0.25) is 0 Å². The molecule has 1 saturated heterocycles. The number of amides is 2. The maximum atomic E-state index is 12.3. The zero-order chi connectivity index (χ0) is 14.4. The van der Waals surface area contributed by atoms with Crippen molar-refractivity contribution >= 4 is 11.7 Å². The van der Waals surface area contributed by atoms with Crippen LogP contribution in [0.2, 0.25) is 0 Å². The highest BCUT2D eigenvalue weighted by Gasteiger charge is 2.35. The topological polar surface area (TPSA) is 62.2 Å². The summed E-state index contributed by atoms with van der Waals surface area (Å²) in [5.74, 6) is 0.547. The summed E-state index contributed by atoms with van der Waals surface area (Å²) in [4.78, 5) is 14.1. The number of nitrogens with zero attached hydrogens (tertiary/aromatic N) is 3. The van der Waals surface area contributed by atoms with Crippen molar-refractivity contribution in [3.63, 3.8) is 0 Å². The van der Waals surface area contributed by atoms with E-state index in [9.17, 15) is 4.79 Å². The number of aryl methyl sites for hydroxylation is 1. The van der Waals surface area contributed by atoms with Gasteiger partial charge in [0.25, 0.3) is 0 Å². The fraction of sp³-hybridized carbons (Fsp3) is 0.733. The third-order valence-corrected chi connectivity index (χ3v) is 4.81. The number of rotatable bonds is 4. The average Bonchev–Trinajstić information content (AvgIpc) is 3.10. The third kappa shape index (κ3) is 2.64. The number of urea groups is 1. The van der Waals surface area contributed by atoms with Crippen molar-refractivity contribution in [2.45, 2.75) is 50.1 Å². The standard InChI is InChI=1S/C15H23N5O/c1-19-9-13(14(18-19)10-5-6-10)17-15(21)20-7-12(8-20)16-11-3-2-4-11/h9-12,16H,2-8H2,1H3,(H,17,21). The number of nitrogens with one attached hydrogen (secondary N) is 2. The van der Waals surface area contributed by atoms with E-state index < -0.39 is 0 Å². The van der Waals surface area contributed by atoms with Crippen LogP contribution in [-0.4, -0.2) is 45.9 Å². The molecule has 2 saturated carbocycles. The molecule has 0 atom stereocenters. The van der Waals surface area contributed by atoms with Gasteiger partial charge in [-0.2, -0.15) is 5.10 Å². The van der Waals surface area contributed by atoms with Crippen LogP contribution in [0.25, 0.3) is 0 Å². The molecule has 0 bridgehead atoms. The number of carbonyl (C=O) groups excluding carboxylic acids is 1. The van der Waals surface area contributed by atoms with Crippen molar-refractivity contribution in [2.75, 3.05) is 18.4 Å². The van der Waals surface area contributed by atoms with Crippen LogP contribution in [0.5, 0.6) is 0 Å². The van der Waals surface area contributed by atoms with Gasteiger partial charge in [0.15, 0.2) is 0 Å². The minimum absolute atomic E-state index is 0.0107. The van der Waals surface area contributed by atoms with E-state index in [0.717, 1.165) is 24.5 Å². The molecule has 6 nitrogen and oxygen atoms in total. The summed E-state index contributed by atoms with van der Waals surface area (Å²) in [5, 5.41) is 11.1. The summed E-state index contributed by atoms with van der Waals surface area (Å²) in [6.07, 6.45) is 8.23. The molecule has 0 unspecified atom stereocenters. The molecule has 2 aliphatic carbocycles. The van der Waals surface area contributed by atoms with Crippen molar-refractivity contribution in [1.82, 2.24) is 20.0 Å². The molecule has 1 aromatic rings. The van der Waals surface area contributed by atoms with Crippen LogP contribution in [0.3, 0.4) is 0 Å². The highest BCUT2D eigenvalue weighted by Crippen LogP contribution is 2.42. The minimum atomic E-state index is 0.0107. The Hall–Kier alpha value is -1.56. The zero-order valence-electron chi connectivity index (χ0n) is 12.5. The Morgan fingerprint density at radius 3 is 2.62 bits per heavy atom. The summed E-state index contributed by atoms with van der Waals surface area (Å²) < 4.78 is 1.79. The van der Waals surface area contributed by atoms with Gasteiger partial charge in [-0.1, -0.05) is 6.42 Å². The van der Waals surface area contributed by atoms with Crippen molar-refractivity contribution in [1.29, 1.82) is 0 Å². The normalized spacial score (nSPS) is 22.8. The smallest absolute Gasteiger partial charge is 0.321 e. The number of aromatic nitrogens is 2. The van der Waals surface area contributed by atoms with Crippen LogP contribution >= 0.6 is 0 Å². The van der Waals surface area contributed by atoms with Crippen molar-refractivity contribution in [3.05, 3.63) is 11.9 Å². The largest absolute Gasteiger partial charge is 0.322 e. The third-order valence-electron chi connectivity index (χ3n) is 4.81. The second-order valence-corrected chi connectivity index (χ2v) is 6.70. The molecule has 0 radical (unpaired) electrons. The van der Waals surface area contributed by atoms with Crippen LogP contribution in [0.4, 0.5) is 10.5 Å². The second-order valence-electron chi connectivity index (χ2n) is 6.70. The van der Waals surface area contributed by atoms with Gasteiger partial charge in [0, 0.05) is 44.3 Å². The Kier molecular flexibility index (Phi) is 3.14. The van der Waals surface area contributed by atoms with E-state index in [1.54, 1.807) is 4.68 Å². The van der Waals surface area contributed by atoms with Crippen LogP contribution in [0, 0.1) is 0 Å². The highest BCUT2D eigenvalue weighted by atomic mass is 16.2. The molecular weight excluding hydrogens is 266 g/mol. The SMILES string of the molecule is Cn1cc(NC(=O)N2CC(NC3CCC3)C2)c(C2CC2)n1. The van der Waals surface area contributed by atoms with Gasteiger partial charge in [-0.05, 0) is 25.7 Å². The molecule has 0 aromatic carbocycles. The van der Waals surface area contributed by atoms with E-state index in [1.807, 2.05) is 18.1 Å². The van der Waals surface area contributed by atoms with E-state index in [-0.39, 0.29) is 6.03 Å². The maximum absolute atomic E-state index is 12.3. The van der Waals surface area contributed by atoms with Crippen molar-refractivity contribution < 1.29 is 4.79 Å². The Morgan fingerprint density at radius 2 is 2.00 bits per heavy atom. The monoisotopic (exact) mass is 289 g/mol. The lowest BCUT2D eigenvalue weighted by molar-refractivity contribution is 0.132. The average molecular weight is 289 g/mol. The van der Waals surface area contributed by atoms with E-state index in [1.165, 1.54) is 32.1 Å². The van der Waals surface area contributed by atoms with Gasteiger partial charge >= 0.3 is 6.03 Å². The lowest BCUT2D eigenvalue weighted by Crippen LogP contribution is -2.63. The van der Waals surface area contributed by atoms with E-state index in [2.05, 4.69) is 15.7 Å². The summed E-state index contributed by atoms with van der Waals surface area (Å²) in [6.45, 7) is 1.64. The van der Waals surface area contributed by atoms with Gasteiger partial charge in [-0.3, -0.25) is 4.68 Å². The Balaban J connectivity index is 1.30. The zero-order valence-corrected chi connectivity index (χ0v) is 12.5. The first-order valence-electron chi connectivity index (χ1n) is 8.04. The maximum Gasteiger partial charge on any atom is 0.322 e. The molecule has 6 heteroatoms. The molecule has 1 aliphatic heterocycles. The molecule has 4 rings (SSSR count). The van der Waals surface area contributed by atoms with E-state index >= 15 is 0 Å². The van der Waals surface area contributed by atoms with Crippen LogP contribution < -0.4 is 10.6 Å². The van der Waals surface area contributed by atoms with Gasteiger partial charge in [-0.15, -0.1) is 0 Å². The number of carbonyl (C=O) groups is 1. The number of hydrogen-bond donors (Lipinski definition) is 2. The molecule has 2 heterocycles. The first-order valence-corrected chi connectivity index (χ1v) is 8.04. The van der Waals surface area contributed by atoms with Gasteiger partial charge in [0.1, 0.15) is 0 Å². The minimum Gasteiger partial charge on any atom is -0.321 e. The number of anilines is 1. The second kappa shape index (κ2) is 5.02. The Labute approximate surface area is 124 Å². The predicted molar refractivity (Wildman–Crippen MR) is 80.3 cm³/mol. The van der Waals surface area contributed by atoms with Crippen LogP contribution in [0.1, 0.15) is 43.7 Å². The quantitative estimate of drug-likeness (QED) is 0.886. The molecule has 0 spiro atoms. The molecule has 3 aliphatic rings. The molecule has 1 aromatic heterocycles. The summed E-state index contributed by atoms with van der Waals surface area (Å²) in [5.41, 5.74) is 1.94. The van der Waals surface area contributed by atoms with Crippen LogP contribution in [0.15, 0.2) is 6.20 Å². The molecule has 3 fully saturated rings. The lowest BCUT2D eigenvalue weighted by atomic mass is 9.91. The Morgan fingerprint density at radius 1 is 1.24 bits per heavy atom. The first-order chi connectivity index (χ1) is 10.2. The number of likely N-dealkylation sites (tertiary alicyclic amines) is 1. The number of hydrogen-bond acceptors (Lipinski definition) is 3. The molecule has 2 amide bonds. The van der Waals surface area contributed by atoms with Gasteiger partial charge in [-0.25, -0.2) is 4.79 Å². The van der Waals surface area contributed by atoms with E-state index in [0.29, 0.717) is 18.0 Å². The fourth-order valence-corrected chi connectivity index (χ4v) is 3.11. The first kappa shape index (κ1) is 13.1. The summed E-state index contributed by atoms with van der Waals surface area (Å²) in [6, 6.07) is 1.19. The van der Waals surface area contributed by atoms with E-state index in [4.69, 9.17) is 0 Å². The summed E-state index contributed by atoms with van der Waals surface area (Å²) >= 11 is 0.